The summed E-state index contributed by atoms with van der Waals surface area (Å²) in [6, 6.07) is -0.648. The highest BCUT2D eigenvalue weighted by Crippen LogP contribution is 2.40. The number of ether oxygens (including phenoxy) is 1. The van der Waals surface area contributed by atoms with Crippen molar-refractivity contribution in [1.82, 2.24) is 10.2 Å². The number of hydrogen-bond donors (Lipinski definition) is 2. The number of aliphatic carboxylic acids is 1. The number of carbonyl (C=O) groups is 3. The zero-order valence-electron chi connectivity index (χ0n) is 10.5. The molecule has 0 aromatic heterocycles. The van der Waals surface area contributed by atoms with Crippen LogP contribution in [0.5, 0.6) is 0 Å². The molecule has 2 amide bonds. The lowest BCUT2D eigenvalue weighted by molar-refractivity contribution is -0.151. The monoisotopic (exact) mass is 286 g/mol. The van der Waals surface area contributed by atoms with Gasteiger partial charge in [0.25, 0.3) is 5.91 Å². The molecule has 2 aliphatic heterocycles. The molecule has 2 N–H and O–H groups in total. The second-order valence-electron chi connectivity index (χ2n) is 4.09. The third kappa shape index (κ3) is 2.16. The van der Waals surface area contributed by atoms with Gasteiger partial charge in [0.1, 0.15) is 17.2 Å². The van der Waals surface area contributed by atoms with Crippen LogP contribution in [0.15, 0.2) is 11.5 Å². The molecule has 1 unspecified atom stereocenters. The van der Waals surface area contributed by atoms with E-state index in [2.05, 4.69) is 5.32 Å². The van der Waals surface area contributed by atoms with Crippen molar-refractivity contribution in [3.63, 3.8) is 0 Å². The maximum absolute atomic E-state index is 12.0. The maximum atomic E-state index is 12.0. The number of hydrogen-bond acceptors (Lipinski definition) is 5. The Morgan fingerprint density at radius 3 is 2.79 bits per heavy atom. The van der Waals surface area contributed by atoms with E-state index in [4.69, 9.17) is 9.84 Å². The van der Waals surface area contributed by atoms with Crippen LogP contribution in [0.25, 0.3) is 0 Å². The highest BCUT2D eigenvalue weighted by Gasteiger charge is 2.54. The molecular weight excluding hydrogens is 272 g/mol. The molecule has 0 spiro atoms. The van der Waals surface area contributed by atoms with Crippen molar-refractivity contribution in [2.45, 2.75) is 24.8 Å². The summed E-state index contributed by atoms with van der Waals surface area (Å²) in [5, 5.41) is 11.4. The fraction of sp³-hybridized carbons (Fsp3) is 0.545. The van der Waals surface area contributed by atoms with E-state index in [1.165, 1.54) is 23.8 Å². The lowest BCUT2D eigenvalue weighted by atomic mass is 10.0. The fourth-order valence-electron chi connectivity index (χ4n) is 2.02. The van der Waals surface area contributed by atoms with Crippen molar-refractivity contribution in [3.05, 3.63) is 11.5 Å². The normalized spacial score (nSPS) is 25.6. The molecule has 0 saturated carbocycles. The molecular formula is C11H14N2O5S. The first-order valence-corrected chi connectivity index (χ1v) is 6.80. The first kappa shape index (κ1) is 13.7. The van der Waals surface area contributed by atoms with Crippen LogP contribution in [0.1, 0.15) is 13.3 Å². The molecule has 19 heavy (non-hydrogen) atoms. The molecule has 8 heteroatoms. The van der Waals surface area contributed by atoms with Crippen LogP contribution in [0.2, 0.25) is 0 Å². The molecule has 2 rings (SSSR count). The number of carbonyl (C=O) groups excluding carboxylic acids is 2. The van der Waals surface area contributed by atoms with Crippen molar-refractivity contribution >= 4 is 29.5 Å². The first-order valence-electron chi connectivity index (χ1n) is 5.75. The summed E-state index contributed by atoms with van der Waals surface area (Å²) in [5.41, 5.74) is -0.127. The number of fused-ring (bicyclic) bond motifs is 1. The van der Waals surface area contributed by atoms with Crippen molar-refractivity contribution in [1.29, 1.82) is 0 Å². The third-order valence-electron chi connectivity index (χ3n) is 3.02. The first-order chi connectivity index (χ1) is 9.01. The van der Waals surface area contributed by atoms with Gasteiger partial charge in [-0.05, 0) is 0 Å². The van der Waals surface area contributed by atoms with Gasteiger partial charge in [-0.2, -0.15) is 0 Å². The molecule has 0 aromatic carbocycles. The van der Waals surface area contributed by atoms with Crippen LogP contribution in [0.4, 0.5) is 0 Å². The van der Waals surface area contributed by atoms with E-state index in [-0.39, 0.29) is 29.2 Å². The van der Waals surface area contributed by atoms with Gasteiger partial charge in [-0.1, -0.05) is 6.92 Å². The average molecular weight is 286 g/mol. The van der Waals surface area contributed by atoms with Crippen molar-refractivity contribution < 1.29 is 24.2 Å². The standard InChI is InChI=1S/C11H14N2O5S/c1-3-6(14)12-7-9(15)13-8(11(16)17)5(18-2)4-19-10(7)13/h7,10H,3-4H2,1-2H3,(H,12,14)(H,16,17)/t7?,10-/m0/s1. The highest BCUT2D eigenvalue weighted by molar-refractivity contribution is 8.00. The molecule has 104 valence electrons. The molecule has 2 aliphatic rings. The molecule has 0 aliphatic carbocycles. The predicted octanol–water partition coefficient (Wildman–Crippen LogP) is -0.261. The van der Waals surface area contributed by atoms with Crippen LogP contribution in [-0.2, 0) is 19.1 Å². The minimum atomic E-state index is -1.20. The lowest BCUT2D eigenvalue weighted by Gasteiger charge is -2.48. The summed E-state index contributed by atoms with van der Waals surface area (Å²) in [6.45, 7) is 1.69. The van der Waals surface area contributed by atoms with Gasteiger partial charge in [-0.3, -0.25) is 14.5 Å². The number of carboxylic acid groups (broad SMARTS) is 1. The average Bonchev–Trinajstić information content (AvgIpc) is 2.42. The Hall–Kier alpha value is -1.70. The van der Waals surface area contributed by atoms with E-state index in [1.807, 2.05) is 0 Å². The largest absolute Gasteiger partial charge is 0.498 e. The Balaban J connectivity index is 2.21. The van der Waals surface area contributed by atoms with Gasteiger partial charge in [0.05, 0.1) is 12.9 Å². The second kappa shape index (κ2) is 5.12. The molecule has 0 radical (unpaired) electrons. The Bertz CT molecular complexity index is 476. The van der Waals surface area contributed by atoms with Gasteiger partial charge >= 0.3 is 5.97 Å². The van der Waals surface area contributed by atoms with Gasteiger partial charge < -0.3 is 15.2 Å². The lowest BCUT2D eigenvalue weighted by Crippen LogP contribution is -2.70. The zero-order chi connectivity index (χ0) is 14.2. The summed E-state index contributed by atoms with van der Waals surface area (Å²) < 4.78 is 5.00. The number of methoxy groups -OCH3 is 1. The summed E-state index contributed by atoms with van der Waals surface area (Å²) >= 11 is 1.38. The van der Waals surface area contributed by atoms with Crippen LogP contribution in [0, 0.1) is 0 Å². The van der Waals surface area contributed by atoms with Crippen molar-refractivity contribution in [3.8, 4) is 0 Å². The summed E-state index contributed by atoms with van der Waals surface area (Å²) in [6.07, 6.45) is 0.284. The van der Waals surface area contributed by atoms with Crippen molar-refractivity contribution in [2.24, 2.45) is 0 Å². The number of carboxylic acids is 1. The molecule has 0 bridgehead atoms. The van der Waals surface area contributed by atoms with Crippen LogP contribution >= 0.6 is 11.8 Å². The number of amides is 2. The van der Waals surface area contributed by atoms with E-state index < -0.39 is 17.9 Å². The molecule has 2 heterocycles. The molecule has 1 saturated heterocycles. The van der Waals surface area contributed by atoms with Gasteiger partial charge in [-0.15, -0.1) is 11.8 Å². The Morgan fingerprint density at radius 1 is 1.58 bits per heavy atom. The fourth-order valence-corrected chi connectivity index (χ4v) is 3.33. The topological polar surface area (TPSA) is 95.9 Å². The predicted molar refractivity (Wildman–Crippen MR) is 67.0 cm³/mol. The number of β-lactam (4-membered cyclic amide) rings is 1. The SMILES string of the molecule is CCC(=O)NC1C(=O)N2C(C(=O)O)=C(OC)CS[C@@H]12. The van der Waals surface area contributed by atoms with Gasteiger partial charge in [0, 0.05) is 6.42 Å². The third-order valence-corrected chi connectivity index (χ3v) is 4.27. The van der Waals surface area contributed by atoms with Crippen LogP contribution in [0.3, 0.4) is 0 Å². The van der Waals surface area contributed by atoms with E-state index in [0.717, 1.165) is 0 Å². The van der Waals surface area contributed by atoms with Crippen molar-refractivity contribution in [2.75, 3.05) is 12.9 Å². The van der Waals surface area contributed by atoms with Crippen LogP contribution in [-0.4, -0.2) is 52.1 Å². The van der Waals surface area contributed by atoms with E-state index in [0.29, 0.717) is 5.75 Å². The highest BCUT2D eigenvalue weighted by atomic mass is 32.2. The molecule has 2 atom stereocenters. The molecule has 1 fully saturated rings. The Kier molecular flexibility index (Phi) is 3.70. The van der Waals surface area contributed by atoms with E-state index >= 15 is 0 Å². The number of nitrogens with zero attached hydrogens (tertiary/aromatic N) is 1. The van der Waals surface area contributed by atoms with E-state index in [9.17, 15) is 14.4 Å². The van der Waals surface area contributed by atoms with Gasteiger partial charge in [0.15, 0.2) is 5.70 Å². The summed E-state index contributed by atoms with van der Waals surface area (Å²) in [5.74, 6) is -1.20. The molecule has 0 aromatic rings. The van der Waals surface area contributed by atoms with Crippen LogP contribution < -0.4 is 5.32 Å². The minimum Gasteiger partial charge on any atom is -0.498 e. The maximum Gasteiger partial charge on any atom is 0.356 e. The number of rotatable bonds is 4. The molecule has 7 nitrogen and oxygen atoms in total. The Morgan fingerprint density at radius 2 is 2.26 bits per heavy atom. The van der Waals surface area contributed by atoms with E-state index in [1.54, 1.807) is 6.92 Å². The van der Waals surface area contributed by atoms with Gasteiger partial charge in [0.2, 0.25) is 5.91 Å². The minimum absolute atomic E-state index is 0.127. The Labute approximate surface area is 114 Å². The number of nitrogens with one attached hydrogen (secondary N) is 1. The summed E-state index contributed by atoms with van der Waals surface area (Å²) in [7, 11) is 1.37. The number of thioether (sulfide) groups is 1. The second-order valence-corrected chi connectivity index (χ2v) is 5.19. The smallest absolute Gasteiger partial charge is 0.356 e. The zero-order valence-corrected chi connectivity index (χ0v) is 11.3. The summed E-state index contributed by atoms with van der Waals surface area (Å²) in [4.78, 5) is 35.7. The van der Waals surface area contributed by atoms with Gasteiger partial charge in [-0.25, -0.2) is 4.79 Å². The quantitative estimate of drug-likeness (QED) is 0.691.